The Bertz CT molecular complexity index is 1750. The monoisotopic (exact) mass is 1250 g/mol. The molecule has 518 valence electrons. The summed E-state index contributed by atoms with van der Waals surface area (Å²) in [5.41, 5.74) is 0. The topological polar surface area (TPSA) is 72.8 Å². The number of carbonyl (C=O) groups excluding carboxylic acids is 2. The van der Waals surface area contributed by atoms with Crippen molar-refractivity contribution in [2.75, 3.05) is 13.2 Å². The first kappa shape index (κ1) is 86.3. The maximum absolute atomic E-state index is 12.4. The van der Waals surface area contributed by atoms with Crippen molar-refractivity contribution in [1.29, 1.82) is 0 Å². The molecule has 0 rings (SSSR count). The lowest BCUT2D eigenvalue weighted by Crippen LogP contribution is -2.28. The van der Waals surface area contributed by atoms with Crippen LogP contribution in [0, 0.1) is 0 Å². The van der Waals surface area contributed by atoms with Gasteiger partial charge in [0, 0.05) is 12.8 Å². The van der Waals surface area contributed by atoms with Crippen molar-refractivity contribution in [1.82, 2.24) is 0 Å². The molecule has 0 aliphatic heterocycles. The normalized spacial score (nSPS) is 12.9. The Labute approximate surface area is 560 Å². The number of ether oxygens (including phenoxy) is 2. The molecule has 1 N–H and O–H groups in total. The molecular formula is C85H148O5. The molecule has 0 saturated heterocycles. The van der Waals surface area contributed by atoms with Crippen molar-refractivity contribution in [3.8, 4) is 0 Å². The lowest BCUT2D eigenvalue weighted by molar-refractivity contribution is -0.161. The van der Waals surface area contributed by atoms with E-state index in [4.69, 9.17) is 9.47 Å². The summed E-state index contributed by atoms with van der Waals surface area (Å²) in [5, 5.41) is 9.72. The van der Waals surface area contributed by atoms with Crippen LogP contribution in [-0.2, 0) is 19.1 Å². The number of esters is 2. The molecule has 0 saturated carbocycles. The SMILES string of the molecule is CC/C=C\C/C=C\C/C=C\C/C=C\C/C=C\C/C=C\C/C=C\C/C=C\CCCCCCCCCCCCC(=O)OC(CO)COC(=O)CCCCCCCCCCCCCCCCCCCCCCCCCCCCCCC/C=C\C/C=C\CCCCCCC. The molecule has 0 radical (unpaired) electrons. The number of carbonyl (C=O) groups is 2. The fraction of sp³-hybridized carbons (Fsp3) is 0.741. The van der Waals surface area contributed by atoms with Crippen molar-refractivity contribution in [2.24, 2.45) is 0 Å². The first-order valence-corrected chi connectivity index (χ1v) is 39.1. The summed E-state index contributed by atoms with van der Waals surface area (Å²) >= 11 is 0. The van der Waals surface area contributed by atoms with Crippen LogP contribution < -0.4 is 0 Å². The molecule has 0 aliphatic rings. The predicted octanol–water partition coefficient (Wildman–Crippen LogP) is 27.7. The molecule has 0 aromatic rings. The average Bonchev–Trinajstić information content (AvgIpc) is 3.58. The van der Waals surface area contributed by atoms with Crippen LogP contribution >= 0.6 is 0 Å². The van der Waals surface area contributed by atoms with Gasteiger partial charge in [0.25, 0.3) is 0 Å². The highest BCUT2D eigenvalue weighted by atomic mass is 16.6. The molecule has 5 nitrogen and oxygen atoms in total. The van der Waals surface area contributed by atoms with E-state index in [-0.39, 0.29) is 25.2 Å². The van der Waals surface area contributed by atoms with E-state index in [9.17, 15) is 14.7 Å². The lowest BCUT2D eigenvalue weighted by atomic mass is 10.0. The molecule has 0 aliphatic carbocycles. The Kier molecular flexibility index (Phi) is 76.3. The molecular weight excluding hydrogens is 1100 g/mol. The Hall–Kier alpha value is -3.70. The highest BCUT2D eigenvalue weighted by molar-refractivity contribution is 5.70. The van der Waals surface area contributed by atoms with E-state index in [2.05, 4.69) is 135 Å². The van der Waals surface area contributed by atoms with Gasteiger partial charge < -0.3 is 14.6 Å². The Morgan fingerprint density at radius 1 is 0.267 bits per heavy atom. The van der Waals surface area contributed by atoms with Crippen LogP contribution in [0.15, 0.2) is 122 Å². The molecule has 5 heteroatoms. The summed E-state index contributed by atoms with van der Waals surface area (Å²) in [6.45, 7) is 4.05. The van der Waals surface area contributed by atoms with E-state index in [0.29, 0.717) is 12.8 Å². The second-order valence-electron chi connectivity index (χ2n) is 26.1. The van der Waals surface area contributed by atoms with Crippen molar-refractivity contribution < 1.29 is 24.2 Å². The number of aliphatic hydroxyl groups is 1. The van der Waals surface area contributed by atoms with Crippen LogP contribution in [0.5, 0.6) is 0 Å². The maximum Gasteiger partial charge on any atom is 0.306 e. The van der Waals surface area contributed by atoms with Gasteiger partial charge in [-0.2, -0.15) is 0 Å². The quantitative estimate of drug-likeness (QED) is 0.0373. The van der Waals surface area contributed by atoms with Crippen molar-refractivity contribution >= 4 is 11.9 Å². The van der Waals surface area contributed by atoms with E-state index in [1.165, 1.54) is 263 Å². The Morgan fingerprint density at radius 3 is 0.722 bits per heavy atom. The first-order chi connectivity index (χ1) is 44.6. The Balaban J connectivity index is 3.44. The molecule has 0 bridgehead atoms. The smallest absolute Gasteiger partial charge is 0.306 e. The van der Waals surface area contributed by atoms with Crippen molar-refractivity contribution in [3.05, 3.63) is 122 Å². The molecule has 0 aromatic heterocycles. The van der Waals surface area contributed by atoms with Crippen LogP contribution in [0.2, 0.25) is 0 Å². The third kappa shape index (κ3) is 76.8. The second-order valence-corrected chi connectivity index (χ2v) is 26.1. The van der Waals surface area contributed by atoms with E-state index >= 15 is 0 Å². The number of aliphatic hydroxyl groups excluding tert-OH is 1. The molecule has 1 unspecified atom stereocenters. The number of hydrogen-bond acceptors (Lipinski definition) is 5. The molecule has 0 aromatic carbocycles. The summed E-state index contributed by atoms with van der Waals surface area (Å²) in [6.07, 6.45) is 117. The number of unbranched alkanes of at least 4 members (excludes halogenated alkanes) is 44. The minimum atomic E-state index is -0.782. The number of allylic oxidation sites excluding steroid dienone is 20. The molecule has 0 heterocycles. The van der Waals surface area contributed by atoms with Gasteiger partial charge in [0.05, 0.1) is 6.61 Å². The molecule has 0 amide bonds. The van der Waals surface area contributed by atoms with Crippen LogP contribution in [0.1, 0.15) is 386 Å². The van der Waals surface area contributed by atoms with E-state index in [1.807, 2.05) is 0 Å². The van der Waals surface area contributed by atoms with Gasteiger partial charge in [0.2, 0.25) is 0 Å². The fourth-order valence-corrected chi connectivity index (χ4v) is 11.4. The zero-order valence-corrected chi connectivity index (χ0v) is 59.6. The van der Waals surface area contributed by atoms with Gasteiger partial charge in [-0.15, -0.1) is 0 Å². The third-order valence-electron chi connectivity index (χ3n) is 17.2. The van der Waals surface area contributed by atoms with Gasteiger partial charge in [-0.3, -0.25) is 9.59 Å². The summed E-state index contributed by atoms with van der Waals surface area (Å²) in [5.74, 6) is -0.584. The minimum Gasteiger partial charge on any atom is -0.462 e. The van der Waals surface area contributed by atoms with E-state index in [1.54, 1.807) is 0 Å². The van der Waals surface area contributed by atoms with Gasteiger partial charge in [-0.1, -0.05) is 386 Å². The minimum absolute atomic E-state index is 0.0690. The molecule has 0 spiro atoms. The van der Waals surface area contributed by atoms with Crippen LogP contribution in [0.25, 0.3) is 0 Å². The number of rotatable bonds is 72. The second kappa shape index (κ2) is 79.5. The standard InChI is InChI=1S/C85H148O5/c1-3-5-7-9-11-13-15-17-19-21-23-25-27-29-31-33-35-37-39-40-41-42-43-44-46-47-49-51-53-55-57-59-61-63-65-67-69-71-73-75-77-79-84(87)89-82-83(81-86)90-85(88)80-78-76-74-72-70-68-66-64-62-60-58-56-54-52-50-48-45-38-36-34-32-30-28-26-24-22-20-18-16-14-12-10-8-6-4-2/h6,8,12,14-15,17-18,20-21,23-24,26,30,32,36,38,48,50,54,56,83,86H,3-5,7,9-11,13,16,19,22,25,27-29,31,33-35,37,39-47,49,51-53,55,57-82H2,1-2H3/b8-6-,14-12-,17-15-,20-18-,23-21-,26-24-,32-30-,38-36-,50-48-,56-54-. The highest BCUT2D eigenvalue weighted by Crippen LogP contribution is 2.19. The average molecular weight is 1250 g/mol. The largest absolute Gasteiger partial charge is 0.462 e. The van der Waals surface area contributed by atoms with Crippen LogP contribution in [0.4, 0.5) is 0 Å². The van der Waals surface area contributed by atoms with Gasteiger partial charge in [-0.25, -0.2) is 0 Å². The highest BCUT2D eigenvalue weighted by Gasteiger charge is 2.16. The maximum atomic E-state index is 12.4. The van der Waals surface area contributed by atoms with Gasteiger partial charge in [0.15, 0.2) is 6.10 Å². The summed E-state index contributed by atoms with van der Waals surface area (Å²) in [6, 6.07) is 0. The summed E-state index contributed by atoms with van der Waals surface area (Å²) in [7, 11) is 0. The third-order valence-corrected chi connectivity index (χ3v) is 17.2. The Morgan fingerprint density at radius 2 is 0.478 bits per heavy atom. The first-order valence-electron chi connectivity index (χ1n) is 39.1. The molecule has 1 atom stereocenters. The zero-order chi connectivity index (χ0) is 64.7. The van der Waals surface area contributed by atoms with E-state index < -0.39 is 6.10 Å². The van der Waals surface area contributed by atoms with E-state index in [0.717, 1.165) is 96.3 Å². The van der Waals surface area contributed by atoms with Crippen molar-refractivity contribution in [2.45, 2.75) is 392 Å². The van der Waals surface area contributed by atoms with Crippen LogP contribution in [0.3, 0.4) is 0 Å². The van der Waals surface area contributed by atoms with Gasteiger partial charge in [-0.05, 0) is 109 Å². The lowest BCUT2D eigenvalue weighted by Gasteiger charge is -2.15. The van der Waals surface area contributed by atoms with Crippen LogP contribution in [-0.4, -0.2) is 36.4 Å². The van der Waals surface area contributed by atoms with Crippen molar-refractivity contribution in [3.63, 3.8) is 0 Å². The molecule has 90 heavy (non-hydrogen) atoms. The van der Waals surface area contributed by atoms with Gasteiger partial charge >= 0.3 is 11.9 Å². The van der Waals surface area contributed by atoms with Gasteiger partial charge in [0.1, 0.15) is 6.61 Å². The summed E-state index contributed by atoms with van der Waals surface area (Å²) in [4.78, 5) is 24.7. The zero-order valence-electron chi connectivity index (χ0n) is 59.6. The predicted molar refractivity (Wildman–Crippen MR) is 398 cm³/mol. The number of hydrogen-bond donors (Lipinski definition) is 1. The molecule has 0 fully saturated rings. The summed E-state index contributed by atoms with van der Waals surface area (Å²) < 4.78 is 10.8. The fourth-order valence-electron chi connectivity index (χ4n) is 11.4.